The van der Waals surface area contributed by atoms with E-state index < -0.39 is 10.0 Å². The Bertz CT molecular complexity index is 731. The molecular weight excluding hydrogens is 300 g/mol. The minimum atomic E-state index is -3.43. The van der Waals surface area contributed by atoms with Crippen molar-refractivity contribution in [2.24, 2.45) is 11.8 Å². The lowest BCUT2D eigenvalue weighted by atomic mass is 10.2. The summed E-state index contributed by atoms with van der Waals surface area (Å²) in [5.41, 5.74) is 1.30. The average molecular weight is 318 g/mol. The molecule has 0 bridgehead atoms. The van der Waals surface area contributed by atoms with Crippen LogP contribution in [0.2, 0.25) is 0 Å². The highest BCUT2D eigenvalue weighted by Gasteiger charge is 2.56. The quantitative estimate of drug-likeness (QED) is 0.911. The number of likely N-dealkylation sites (tertiary alicyclic amines) is 1. The molecule has 22 heavy (non-hydrogen) atoms. The van der Waals surface area contributed by atoms with E-state index in [4.69, 9.17) is 4.42 Å². The fraction of sp³-hybridized carbons (Fsp3) is 0.375. The summed E-state index contributed by atoms with van der Waals surface area (Å²) in [7, 11) is -3.43. The first-order valence-electron chi connectivity index (χ1n) is 7.44. The van der Waals surface area contributed by atoms with E-state index in [0.717, 1.165) is 19.6 Å². The summed E-state index contributed by atoms with van der Waals surface area (Å²) < 4.78 is 32.0. The van der Waals surface area contributed by atoms with E-state index in [0.29, 0.717) is 11.8 Å². The van der Waals surface area contributed by atoms with Crippen molar-refractivity contribution in [2.45, 2.75) is 17.5 Å². The molecule has 1 aliphatic heterocycles. The third-order valence-electron chi connectivity index (χ3n) is 4.62. The lowest BCUT2D eigenvalue weighted by Gasteiger charge is -2.19. The zero-order chi connectivity index (χ0) is 15.2. The van der Waals surface area contributed by atoms with Crippen LogP contribution in [0.1, 0.15) is 5.56 Å². The number of sulfonamides is 1. The van der Waals surface area contributed by atoms with E-state index in [1.807, 2.05) is 18.2 Å². The van der Waals surface area contributed by atoms with Gasteiger partial charge < -0.3 is 4.42 Å². The highest BCUT2D eigenvalue weighted by Crippen LogP contribution is 2.46. The summed E-state index contributed by atoms with van der Waals surface area (Å²) >= 11 is 0. The first-order chi connectivity index (χ1) is 10.6. The lowest BCUT2D eigenvalue weighted by molar-refractivity contribution is 0.287. The molecule has 0 spiro atoms. The SMILES string of the molecule is O=S(=O)(NC1[C@H]2CN(Cc3ccccc3)C[C@@H]12)c1ccoc1. The summed E-state index contributed by atoms with van der Waals surface area (Å²) in [5.74, 6) is 0.871. The first-order valence-corrected chi connectivity index (χ1v) is 8.92. The highest BCUT2D eigenvalue weighted by molar-refractivity contribution is 7.89. The predicted octanol–water partition coefficient (Wildman–Crippen LogP) is 1.69. The fourth-order valence-electron chi connectivity index (χ4n) is 3.41. The van der Waals surface area contributed by atoms with Crippen molar-refractivity contribution < 1.29 is 12.8 Å². The number of benzene rings is 1. The average Bonchev–Trinajstić information content (AvgIpc) is 2.98. The molecule has 1 N–H and O–H groups in total. The first kappa shape index (κ1) is 14.0. The molecule has 1 aromatic carbocycles. The van der Waals surface area contributed by atoms with Gasteiger partial charge in [0.1, 0.15) is 11.2 Å². The molecule has 0 radical (unpaired) electrons. The maximum Gasteiger partial charge on any atom is 0.244 e. The molecule has 2 aliphatic rings. The number of fused-ring (bicyclic) bond motifs is 1. The van der Waals surface area contributed by atoms with E-state index in [9.17, 15) is 8.42 Å². The van der Waals surface area contributed by atoms with Crippen molar-refractivity contribution in [3.05, 3.63) is 54.5 Å². The van der Waals surface area contributed by atoms with Crippen LogP contribution < -0.4 is 4.72 Å². The van der Waals surface area contributed by atoms with Gasteiger partial charge in [-0.25, -0.2) is 13.1 Å². The number of nitrogens with one attached hydrogen (secondary N) is 1. The lowest BCUT2D eigenvalue weighted by Crippen LogP contribution is -2.34. The second kappa shape index (κ2) is 5.22. The Hall–Kier alpha value is -1.63. The molecule has 116 valence electrons. The maximum absolute atomic E-state index is 12.2. The third kappa shape index (κ3) is 2.58. The number of rotatable bonds is 5. The molecule has 4 rings (SSSR count). The van der Waals surface area contributed by atoms with Gasteiger partial charge in [-0.2, -0.15) is 0 Å². The van der Waals surface area contributed by atoms with Gasteiger partial charge in [0.05, 0.1) is 6.26 Å². The number of furan rings is 1. The molecule has 2 fully saturated rings. The van der Waals surface area contributed by atoms with Crippen LogP contribution in [-0.4, -0.2) is 32.4 Å². The van der Waals surface area contributed by atoms with E-state index in [1.54, 1.807) is 0 Å². The largest absolute Gasteiger partial charge is 0.471 e. The summed E-state index contributed by atoms with van der Waals surface area (Å²) in [4.78, 5) is 2.60. The van der Waals surface area contributed by atoms with Crippen LogP contribution in [0.25, 0.3) is 0 Å². The van der Waals surface area contributed by atoms with Crippen molar-refractivity contribution >= 4 is 10.0 Å². The molecule has 0 amide bonds. The molecule has 1 aliphatic carbocycles. The summed E-state index contributed by atoms with van der Waals surface area (Å²) in [6, 6.07) is 11.9. The second-order valence-corrected chi connectivity index (χ2v) is 7.83. The van der Waals surface area contributed by atoms with Gasteiger partial charge in [0.2, 0.25) is 10.0 Å². The number of hydrogen-bond donors (Lipinski definition) is 1. The van der Waals surface area contributed by atoms with Crippen LogP contribution in [0.5, 0.6) is 0 Å². The zero-order valence-corrected chi connectivity index (χ0v) is 12.9. The van der Waals surface area contributed by atoms with Crippen molar-refractivity contribution in [2.75, 3.05) is 13.1 Å². The van der Waals surface area contributed by atoms with Crippen LogP contribution in [0, 0.1) is 11.8 Å². The topological polar surface area (TPSA) is 62.6 Å². The van der Waals surface area contributed by atoms with Crippen molar-refractivity contribution in [3.8, 4) is 0 Å². The monoisotopic (exact) mass is 318 g/mol. The highest BCUT2D eigenvalue weighted by atomic mass is 32.2. The normalized spacial score (nSPS) is 27.7. The van der Waals surface area contributed by atoms with Crippen molar-refractivity contribution in [3.63, 3.8) is 0 Å². The van der Waals surface area contributed by atoms with E-state index in [2.05, 4.69) is 21.8 Å². The molecule has 3 atom stereocenters. The Morgan fingerprint density at radius 3 is 2.50 bits per heavy atom. The van der Waals surface area contributed by atoms with Crippen LogP contribution in [-0.2, 0) is 16.6 Å². The van der Waals surface area contributed by atoms with Crippen LogP contribution in [0.15, 0.2) is 58.2 Å². The number of nitrogens with zero attached hydrogens (tertiary/aromatic N) is 1. The van der Waals surface area contributed by atoms with Gasteiger partial charge in [0, 0.05) is 25.7 Å². The van der Waals surface area contributed by atoms with E-state index >= 15 is 0 Å². The minimum absolute atomic E-state index is 0.0759. The molecule has 5 nitrogen and oxygen atoms in total. The van der Waals surface area contributed by atoms with Gasteiger partial charge in [-0.3, -0.25) is 4.90 Å². The third-order valence-corrected chi connectivity index (χ3v) is 6.05. The maximum atomic E-state index is 12.2. The van der Waals surface area contributed by atoms with Crippen LogP contribution in [0.4, 0.5) is 0 Å². The number of piperidine rings is 1. The summed E-state index contributed by atoms with van der Waals surface area (Å²) in [5, 5.41) is 0. The Morgan fingerprint density at radius 1 is 1.14 bits per heavy atom. The predicted molar refractivity (Wildman–Crippen MR) is 81.5 cm³/mol. The fourth-order valence-corrected chi connectivity index (χ4v) is 4.67. The Kier molecular flexibility index (Phi) is 3.32. The van der Waals surface area contributed by atoms with Crippen molar-refractivity contribution in [1.29, 1.82) is 0 Å². The van der Waals surface area contributed by atoms with Gasteiger partial charge in [0.25, 0.3) is 0 Å². The molecular formula is C16H18N2O3S. The van der Waals surface area contributed by atoms with Crippen LogP contribution >= 0.6 is 0 Å². The van der Waals surface area contributed by atoms with Gasteiger partial charge in [-0.15, -0.1) is 0 Å². The molecule has 1 unspecified atom stereocenters. The van der Waals surface area contributed by atoms with Gasteiger partial charge in [0.15, 0.2) is 0 Å². The number of hydrogen-bond acceptors (Lipinski definition) is 4. The molecule has 1 aromatic heterocycles. The van der Waals surface area contributed by atoms with E-state index in [-0.39, 0.29) is 10.9 Å². The second-order valence-electron chi connectivity index (χ2n) is 6.11. The minimum Gasteiger partial charge on any atom is -0.471 e. The zero-order valence-electron chi connectivity index (χ0n) is 12.1. The molecule has 2 heterocycles. The molecule has 1 saturated carbocycles. The van der Waals surface area contributed by atoms with Crippen LogP contribution in [0.3, 0.4) is 0 Å². The Labute approximate surface area is 130 Å². The smallest absolute Gasteiger partial charge is 0.244 e. The standard InChI is InChI=1S/C16H18N2O3S/c19-22(20,13-6-7-21-11-13)17-16-14-9-18(10-15(14)16)8-12-4-2-1-3-5-12/h1-7,11,14-17H,8-10H2/t14-,15+,16?. The van der Waals surface area contributed by atoms with Gasteiger partial charge in [-0.1, -0.05) is 30.3 Å². The van der Waals surface area contributed by atoms with Crippen molar-refractivity contribution in [1.82, 2.24) is 9.62 Å². The van der Waals surface area contributed by atoms with E-state index in [1.165, 1.54) is 24.2 Å². The summed E-state index contributed by atoms with van der Waals surface area (Å²) in [6.07, 6.45) is 2.64. The summed E-state index contributed by atoms with van der Waals surface area (Å²) in [6.45, 7) is 2.85. The van der Waals surface area contributed by atoms with Gasteiger partial charge in [-0.05, 0) is 23.5 Å². The molecule has 6 heteroatoms. The Balaban J connectivity index is 1.34. The van der Waals surface area contributed by atoms with Gasteiger partial charge >= 0.3 is 0 Å². The Morgan fingerprint density at radius 2 is 1.86 bits per heavy atom. The molecule has 2 aromatic rings. The molecule has 1 saturated heterocycles.